The smallest absolute Gasteiger partial charge is 0.382 e. The Morgan fingerprint density at radius 2 is 0.919 bits per heavy atom. The Kier molecular flexibility index (Phi) is 14.4. The Bertz CT molecular complexity index is 725. The lowest BCUT2D eigenvalue weighted by atomic mass is 9.90. The Morgan fingerprint density at radius 1 is 0.595 bits per heavy atom. The fourth-order valence-corrected chi connectivity index (χ4v) is 5.60. The summed E-state index contributed by atoms with van der Waals surface area (Å²) in [7, 11) is -0.657. The second-order valence-electron chi connectivity index (χ2n) is 11.4. The second-order valence-corrected chi connectivity index (χ2v) is 11.4. The summed E-state index contributed by atoms with van der Waals surface area (Å²) in [5.41, 5.74) is 4.13. The summed E-state index contributed by atoms with van der Waals surface area (Å²) in [6.45, 7) is 8.16. The van der Waals surface area contributed by atoms with Gasteiger partial charge in [0.1, 0.15) is 0 Å². The summed E-state index contributed by atoms with van der Waals surface area (Å²) >= 11 is 0. The van der Waals surface area contributed by atoms with E-state index in [0.29, 0.717) is 37.6 Å². The number of hydrogen-bond acceptors (Lipinski definition) is 3. The van der Waals surface area contributed by atoms with Crippen LogP contribution in [-0.2, 0) is 14.0 Å². The molecule has 0 aromatic carbocycles. The maximum atomic E-state index is 6.05. The molecule has 3 unspecified atom stereocenters. The van der Waals surface area contributed by atoms with E-state index in [1.165, 1.54) is 74.5 Å². The van der Waals surface area contributed by atoms with Gasteiger partial charge in [0.25, 0.3) is 0 Å². The highest BCUT2D eigenvalue weighted by Crippen LogP contribution is 2.25. The summed E-state index contributed by atoms with van der Waals surface area (Å²) in [6.07, 6.45) is 35.5. The quantitative estimate of drug-likeness (QED) is 0.164. The van der Waals surface area contributed by atoms with Gasteiger partial charge in [0.15, 0.2) is 0 Å². The second kappa shape index (κ2) is 17.8. The molecule has 0 fully saturated rings. The molecule has 3 atom stereocenters. The van der Waals surface area contributed by atoms with Crippen LogP contribution in [0.15, 0.2) is 71.4 Å². The van der Waals surface area contributed by atoms with Gasteiger partial charge in [-0.1, -0.05) is 71.4 Å². The standard InChI is InChI=1S/C33H51BO3/c1-28(25-31-13-7-4-8-14-31)19-22-35-34(36-23-20-29(2)26-32-15-9-5-10-16-32)37-24-21-30(3)27-33-17-11-6-12-18-33/h7,9,11,13,15,17,19-21,31-33H,4-6,8,10,12,14,16,18,22-27H2,1-3H3. The topological polar surface area (TPSA) is 27.7 Å². The van der Waals surface area contributed by atoms with Crippen molar-refractivity contribution in [3.8, 4) is 0 Å². The first-order valence-electron chi connectivity index (χ1n) is 14.9. The van der Waals surface area contributed by atoms with Gasteiger partial charge in [-0.25, -0.2) is 0 Å². The zero-order valence-electron chi connectivity index (χ0n) is 23.8. The third-order valence-corrected chi connectivity index (χ3v) is 7.81. The maximum absolute atomic E-state index is 6.05. The van der Waals surface area contributed by atoms with Crippen LogP contribution in [0.1, 0.15) is 97.8 Å². The third-order valence-electron chi connectivity index (χ3n) is 7.81. The van der Waals surface area contributed by atoms with E-state index in [-0.39, 0.29) is 0 Å². The minimum atomic E-state index is -0.657. The molecule has 3 rings (SSSR count). The van der Waals surface area contributed by atoms with E-state index in [1.807, 2.05) is 0 Å². The third kappa shape index (κ3) is 13.1. The van der Waals surface area contributed by atoms with Crippen LogP contribution < -0.4 is 0 Å². The normalized spacial score (nSPS) is 25.1. The largest absolute Gasteiger partial charge is 0.640 e. The Labute approximate surface area is 228 Å². The number of rotatable bonds is 15. The SMILES string of the molecule is CC(=CCOB(OCC=C(C)CC1C=CCCC1)OCC=C(C)CC1C=CCCC1)CC1C=CCCC1. The highest BCUT2D eigenvalue weighted by Gasteiger charge is 2.20. The average Bonchev–Trinajstić information content (AvgIpc) is 2.90. The fraction of sp³-hybridized carbons (Fsp3) is 0.636. The zero-order chi connectivity index (χ0) is 26.1. The van der Waals surface area contributed by atoms with Crippen molar-refractivity contribution in [2.75, 3.05) is 19.8 Å². The van der Waals surface area contributed by atoms with Crippen LogP contribution in [0.25, 0.3) is 0 Å². The molecule has 0 saturated carbocycles. The van der Waals surface area contributed by atoms with Gasteiger partial charge in [0, 0.05) is 0 Å². The van der Waals surface area contributed by atoms with E-state index in [1.54, 1.807) is 0 Å². The van der Waals surface area contributed by atoms with Crippen molar-refractivity contribution in [1.29, 1.82) is 0 Å². The first kappa shape index (κ1) is 29.9. The fourth-order valence-electron chi connectivity index (χ4n) is 5.60. The molecule has 3 aliphatic rings. The molecule has 0 spiro atoms. The lowest BCUT2D eigenvalue weighted by Gasteiger charge is -2.18. The van der Waals surface area contributed by atoms with Gasteiger partial charge in [-0.15, -0.1) is 0 Å². The minimum Gasteiger partial charge on any atom is -0.382 e. The Balaban J connectivity index is 1.46. The van der Waals surface area contributed by atoms with Crippen LogP contribution >= 0.6 is 0 Å². The molecule has 0 heterocycles. The van der Waals surface area contributed by atoms with Crippen molar-refractivity contribution >= 4 is 7.32 Å². The summed E-state index contributed by atoms with van der Waals surface area (Å²) in [5, 5.41) is 0. The first-order valence-corrected chi connectivity index (χ1v) is 14.9. The van der Waals surface area contributed by atoms with E-state index >= 15 is 0 Å². The van der Waals surface area contributed by atoms with Gasteiger partial charge < -0.3 is 14.0 Å². The molecule has 4 heteroatoms. The summed E-state index contributed by atoms with van der Waals surface area (Å²) in [5.74, 6) is 2.02. The molecule has 0 bridgehead atoms. The molecular weight excluding hydrogens is 455 g/mol. The van der Waals surface area contributed by atoms with Crippen LogP contribution in [-0.4, -0.2) is 27.1 Å². The van der Waals surface area contributed by atoms with E-state index in [2.05, 4.69) is 75.5 Å². The van der Waals surface area contributed by atoms with Gasteiger partial charge in [0.2, 0.25) is 0 Å². The van der Waals surface area contributed by atoms with Crippen molar-refractivity contribution in [3.05, 3.63) is 71.4 Å². The van der Waals surface area contributed by atoms with E-state index < -0.39 is 7.32 Å². The van der Waals surface area contributed by atoms with Gasteiger partial charge in [-0.3, -0.25) is 0 Å². The first-order chi connectivity index (χ1) is 18.1. The lowest BCUT2D eigenvalue weighted by Crippen LogP contribution is -2.28. The highest BCUT2D eigenvalue weighted by molar-refractivity contribution is 6.36. The van der Waals surface area contributed by atoms with Gasteiger partial charge in [0.05, 0.1) is 19.8 Å². The molecule has 0 radical (unpaired) electrons. The summed E-state index contributed by atoms with van der Waals surface area (Å²) in [4.78, 5) is 0. The van der Waals surface area contributed by atoms with Crippen LogP contribution in [0.5, 0.6) is 0 Å². The predicted molar refractivity (Wildman–Crippen MR) is 158 cm³/mol. The average molecular weight is 507 g/mol. The molecule has 204 valence electrons. The van der Waals surface area contributed by atoms with Crippen LogP contribution in [0, 0.1) is 17.8 Å². The van der Waals surface area contributed by atoms with E-state index in [9.17, 15) is 0 Å². The molecule has 0 amide bonds. The van der Waals surface area contributed by atoms with Crippen molar-refractivity contribution in [1.82, 2.24) is 0 Å². The van der Waals surface area contributed by atoms with E-state index in [4.69, 9.17) is 14.0 Å². The van der Waals surface area contributed by atoms with Crippen molar-refractivity contribution in [2.45, 2.75) is 97.8 Å². The molecule has 3 aliphatic carbocycles. The molecule has 37 heavy (non-hydrogen) atoms. The van der Waals surface area contributed by atoms with Crippen LogP contribution in [0.2, 0.25) is 0 Å². The van der Waals surface area contributed by atoms with Crippen LogP contribution in [0.4, 0.5) is 0 Å². The monoisotopic (exact) mass is 506 g/mol. The number of allylic oxidation sites excluding steroid dienone is 9. The van der Waals surface area contributed by atoms with Gasteiger partial charge >= 0.3 is 7.32 Å². The molecule has 0 aliphatic heterocycles. The minimum absolute atomic E-state index is 0.512. The maximum Gasteiger partial charge on any atom is 0.640 e. The predicted octanol–water partition coefficient (Wildman–Crippen LogP) is 9.10. The van der Waals surface area contributed by atoms with Crippen molar-refractivity contribution in [3.63, 3.8) is 0 Å². The van der Waals surface area contributed by atoms with Gasteiger partial charge in [-0.05, 0) is 116 Å². The molecule has 0 saturated heterocycles. The van der Waals surface area contributed by atoms with Crippen molar-refractivity contribution in [2.24, 2.45) is 17.8 Å². The Hall–Kier alpha value is -1.62. The molecule has 0 aromatic rings. The molecular formula is C33H51BO3. The molecule has 0 aromatic heterocycles. The lowest BCUT2D eigenvalue weighted by molar-refractivity contribution is 0.122. The molecule has 0 N–H and O–H groups in total. The Morgan fingerprint density at radius 3 is 1.19 bits per heavy atom. The van der Waals surface area contributed by atoms with Crippen LogP contribution in [0.3, 0.4) is 0 Å². The van der Waals surface area contributed by atoms with Crippen molar-refractivity contribution < 1.29 is 14.0 Å². The zero-order valence-corrected chi connectivity index (χ0v) is 23.8. The summed E-state index contributed by atoms with van der Waals surface area (Å²) in [6, 6.07) is 0. The highest BCUT2D eigenvalue weighted by atomic mass is 16.7. The molecule has 3 nitrogen and oxygen atoms in total. The number of hydrogen-bond donors (Lipinski definition) is 0. The van der Waals surface area contributed by atoms with Gasteiger partial charge in [-0.2, -0.15) is 0 Å². The summed E-state index contributed by atoms with van der Waals surface area (Å²) < 4.78 is 18.1. The van der Waals surface area contributed by atoms with E-state index in [0.717, 1.165) is 19.3 Å².